The Balaban J connectivity index is 0.000000173. The predicted molar refractivity (Wildman–Crippen MR) is 252 cm³/mol. The van der Waals surface area contributed by atoms with E-state index < -0.39 is 0 Å². The molecule has 0 amide bonds. The predicted octanol–water partition coefficient (Wildman–Crippen LogP) is 13.5. The minimum absolute atomic E-state index is 0.473. The van der Waals surface area contributed by atoms with Gasteiger partial charge in [0.2, 0.25) is 0 Å². The number of nitrogens with zero attached hydrogens (tertiary/aromatic N) is 2. The zero-order valence-corrected chi connectivity index (χ0v) is 36.4. The Morgan fingerprint density at radius 3 is 1.64 bits per heavy atom. The Bertz CT molecular complexity index is 2900. The molecule has 0 aliphatic heterocycles. The van der Waals surface area contributed by atoms with Gasteiger partial charge < -0.3 is 29.6 Å². The van der Waals surface area contributed by atoms with Crippen LogP contribution in [-0.2, 0) is 13.2 Å². The van der Waals surface area contributed by atoms with E-state index in [0.717, 1.165) is 97.8 Å². The van der Waals surface area contributed by atoms with Crippen LogP contribution in [0.1, 0.15) is 21.5 Å². The van der Waals surface area contributed by atoms with Crippen LogP contribution in [0.4, 0.5) is 22.7 Å². The molecule has 61 heavy (non-hydrogen) atoms. The fourth-order valence-corrected chi connectivity index (χ4v) is 8.96. The average molecular weight is 908 g/mol. The van der Waals surface area contributed by atoms with Crippen LogP contribution in [0.25, 0.3) is 30.9 Å². The number of aldehydes is 1. The molecule has 4 heterocycles. The summed E-state index contributed by atoms with van der Waals surface area (Å²) in [6.45, 7) is 0.978. The summed E-state index contributed by atoms with van der Waals surface area (Å²) >= 11 is 6.84. The van der Waals surface area contributed by atoms with E-state index in [1.807, 2.05) is 140 Å². The fraction of sp³-hybridized carbons (Fsp3) is 0.0816. The molecule has 304 valence electrons. The van der Waals surface area contributed by atoms with Crippen molar-refractivity contribution in [3.8, 4) is 33.4 Å². The van der Waals surface area contributed by atoms with Crippen molar-refractivity contribution < 1.29 is 23.7 Å². The van der Waals surface area contributed by atoms with Gasteiger partial charge >= 0.3 is 0 Å². The number of anilines is 4. The first-order valence-corrected chi connectivity index (χ1v) is 21.6. The maximum absolute atomic E-state index is 11.2. The molecule has 2 N–H and O–H groups in total. The molecule has 0 spiro atoms. The molecule has 9 rings (SSSR count). The van der Waals surface area contributed by atoms with E-state index in [4.69, 9.17) is 18.9 Å². The highest BCUT2D eigenvalue weighted by molar-refractivity contribution is 9.11. The molecule has 0 bridgehead atoms. The molecule has 0 saturated carbocycles. The summed E-state index contributed by atoms with van der Waals surface area (Å²) in [5.74, 6) is 3.26. The lowest BCUT2D eigenvalue weighted by molar-refractivity contribution is 0.112. The summed E-state index contributed by atoms with van der Waals surface area (Å²) < 4.78 is 25.6. The minimum Gasteiger partial charge on any atom is -0.497 e. The van der Waals surface area contributed by atoms with Gasteiger partial charge in [-0.25, -0.2) is 0 Å². The van der Waals surface area contributed by atoms with E-state index in [0.29, 0.717) is 18.8 Å². The fourth-order valence-electron chi connectivity index (χ4n) is 6.37. The SMILES string of the molecule is COc1ccc(COc2cccc(Nc3ccnc4cc(-c5cccc(C=O)c5)sc34)c2)cc1.COc1ccc(COc2cccc(Nc3ccnc4cc(Br)sc34)c2)cc1. The Morgan fingerprint density at radius 1 is 0.574 bits per heavy atom. The minimum atomic E-state index is 0.473. The molecule has 5 aromatic carbocycles. The molecule has 9 nitrogen and oxygen atoms in total. The highest BCUT2D eigenvalue weighted by Gasteiger charge is 2.11. The Hall–Kier alpha value is -6.73. The highest BCUT2D eigenvalue weighted by atomic mass is 79.9. The lowest BCUT2D eigenvalue weighted by Gasteiger charge is -2.11. The third kappa shape index (κ3) is 10.5. The lowest BCUT2D eigenvalue weighted by atomic mass is 10.1. The number of thiophene rings is 2. The maximum Gasteiger partial charge on any atom is 0.150 e. The summed E-state index contributed by atoms with van der Waals surface area (Å²) in [5, 5.41) is 6.97. The van der Waals surface area contributed by atoms with Gasteiger partial charge in [0.25, 0.3) is 0 Å². The Morgan fingerprint density at radius 2 is 1.10 bits per heavy atom. The number of aromatic nitrogens is 2. The first-order valence-electron chi connectivity index (χ1n) is 19.2. The van der Waals surface area contributed by atoms with E-state index in [2.05, 4.69) is 42.6 Å². The van der Waals surface area contributed by atoms with Crippen molar-refractivity contribution in [1.82, 2.24) is 9.97 Å². The van der Waals surface area contributed by atoms with E-state index >= 15 is 0 Å². The largest absolute Gasteiger partial charge is 0.497 e. The topological polar surface area (TPSA) is 104 Å². The number of benzene rings is 5. The number of carbonyl (C=O) groups excluding carboxylic acids is 1. The zero-order chi connectivity index (χ0) is 42.0. The Labute approximate surface area is 369 Å². The summed E-state index contributed by atoms with van der Waals surface area (Å²) in [5.41, 5.74) is 9.62. The summed E-state index contributed by atoms with van der Waals surface area (Å²) in [7, 11) is 3.32. The van der Waals surface area contributed by atoms with Crippen LogP contribution in [0, 0.1) is 0 Å². The third-order valence-electron chi connectivity index (χ3n) is 9.46. The molecule has 0 unspecified atom stereocenters. The van der Waals surface area contributed by atoms with E-state index in [1.54, 1.807) is 49.2 Å². The molecule has 0 saturated heterocycles. The average Bonchev–Trinajstić information content (AvgIpc) is 3.93. The number of rotatable bonds is 14. The molecule has 0 radical (unpaired) electrons. The monoisotopic (exact) mass is 906 g/mol. The Kier molecular flexibility index (Phi) is 13.2. The van der Waals surface area contributed by atoms with Crippen LogP contribution >= 0.6 is 38.6 Å². The quantitative estimate of drug-likeness (QED) is 0.103. The number of ether oxygens (including phenoxy) is 4. The first-order chi connectivity index (χ1) is 29.9. The molecule has 4 aromatic heterocycles. The standard InChI is InChI=1S/C28H22N2O3S.C21H17BrN2O2S/c1-32-23-10-8-19(9-11-23)18-33-24-7-3-6-22(15-24)30-25-12-13-29-26-16-27(34-28(25)26)21-5-2-4-20(14-21)17-31;1-25-16-7-5-14(6-8-16)13-26-17-4-2-3-15(11-17)24-18-9-10-23-19-12-20(22)27-21(18)19/h2-17H,18H2,1H3,(H,29,30);2-12H,13H2,1H3,(H,23,24). The zero-order valence-electron chi connectivity index (χ0n) is 33.1. The van der Waals surface area contributed by atoms with Gasteiger partial charge in [0, 0.05) is 46.3 Å². The number of hydrogen-bond donors (Lipinski definition) is 2. The molecule has 0 atom stereocenters. The van der Waals surface area contributed by atoms with E-state index in [1.165, 1.54) is 0 Å². The van der Waals surface area contributed by atoms with Crippen LogP contribution in [-0.4, -0.2) is 30.5 Å². The van der Waals surface area contributed by atoms with Crippen molar-refractivity contribution in [2.75, 3.05) is 24.9 Å². The van der Waals surface area contributed by atoms with Gasteiger partial charge in [0.05, 0.1) is 49.8 Å². The molecular weight excluding hydrogens is 869 g/mol. The third-order valence-corrected chi connectivity index (χ3v) is 12.3. The van der Waals surface area contributed by atoms with Crippen LogP contribution in [0.3, 0.4) is 0 Å². The molecule has 9 aromatic rings. The molecular formula is C49H39BrN4O5S2. The molecule has 12 heteroatoms. The van der Waals surface area contributed by atoms with Crippen molar-refractivity contribution in [1.29, 1.82) is 0 Å². The number of pyridine rings is 2. The van der Waals surface area contributed by atoms with Crippen LogP contribution in [0.5, 0.6) is 23.0 Å². The van der Waals surface area contributed by atoms with Crippen LogP contribution in [0.15, 0.2) is 162 Å². The van der Waals surface area contributed by atoms with E-state index in [9.17, 15) is 4.79 Å². The number of methoxy groups -OCH3 is 2. The van der Waals surface area contributed by atoms with Crippen LogP contribution < -0.4 is 29.6 Å². The van der Waals surface area contributed by atoms with Gasteiger partial charge in [-0.15, -0.1) is 22.7 Å². The van der Waals surface area contributed by atoms with Crippen molar-refractivity contribution in [3.05, 3.63) is 178 Å². The van der Waals surface area contributed by atoms with Gasteiger partial charge in [-0.1, -0.05) is 54.6 Å². The molecule has 0 fully saturated rings. The second kappa shape index (κ2) is 19.6. The van der Waals surface area contributed by atoms with Crippen molar-refractivity contribution in [2.24, 2.45) is 0 Å². The second-order valence-corrected chi connectivity index (χ2v) is 17.1. The smallest absolute Gasteiger partial charge is 0.150 e. The molecule has 0 aliphatic rings. The van der Waals surface area contributed by atoms with Crippen LogP contribution in [0.2, 0.25) is 0 Å². The van der Waals surface area contributed by atoms with Gasteiger partial charge in [-0.05, 0) is 111 Å². The highest BCUT2D eigenvalue weighted by Crippen LogP contribution is 2.38. The van der Waals surface area contributed by atoms with Crippen molar-refractivity contribution in [2.45, 2.75) is 13.2 Å². The van der Waals surface area contributed by atoms with Crippen molar-refractivity contribution in [3.63, 3.8) is 0 Å². The number of carbonyl (C=O) groups is 1. The normalized spacial score (nSPS) is 10.7. The number of halogens is 1. The number of fused-ring (bicyclic) bond motifs is 2. The second-order valence-electron chi connectivity index (χ2n) is 13.6. The van der Waals surface area contributed by atoms with Crippen molar-refractivity contribution >= 4 is 88.1 Å². The first kappa shape index (κ1) is 41.0. The summed E-state index contributed by atoms with van der Waals surface area (Å²) in [4.78, 5) is 21.2. The van der Waals surface area contributed by atoms with Gasteiger partial charge in [0.1, 0.15) is 42.5 Å². The summed E-state index contributed by atoms with van der Waals surface area (Å²) in [6, 6.07) is 47.2. The van der Waals surface area contributed by atoms with Gasteiger partial charge in [0.15, 0.2) is 0 Å². The molecule has 0 aliphatic carbocycles. The number of nitrogens with one attached hydrogen (secondary N) is 2. The maximum atomic E-state index is 11.2. The summed E-state index contributed by atoms with van der Waals surface area (Å²) in [6.07, 6.45) is 4.48. The van der Waals surface area contributed by atoms with E-state index in [-0.39, 0.29) is 0 Å². The van der Waals surface area contributed by atoms with Gasteiger partial charge in [-0.3, -0.25) is 14.8 Å². The number of hydrogen-bond acceptors (Lipinski definition) is 11. The van der Waals surface area contributed by atoms with Gasteiger partial charge in [-0.2, -0.15) is 0 Å². The lowest BCUT2D eigenvalue weighted by Crippen LogP contribution is -1.97.